The first-order valence-electron chi connectivity index (χ1n) is 10.6. The van der Waals surface area contributed by atoms with Crippen LogP contribution in [0, 0.1) is 5.92 Å². The Bertz CT molecular complexity index is 945. The van der Waals surface area contributed by atoms with Crippen molar-refractivity contribution in [3.8, 4) is 11.3 Å². The molecule has 1 fully saturated rings. The van der Waals surface area contributed by atoms with Gasteiger partial charge in [0.05, 0.1) is 6.20 Å². The van der Waals surface area contributed by atoms with E-state index in [1.165, 1.54) is 12.8 Å². The number of rotatable bonds is 7. The molecule has 3 aromatic rings. The Morgan fingerprint density at radius 1 is 1.10 bits per heavy atom. The highest BCUT2D eigenvalue weighted by Gasteiger charge is 2.16. The van der Waals surface area contributed by atoms with Crippen molar-refractivity contribution in [2.24, 2.45) is 5.92 Å². The number of anilines is 1. The van der Waals surface area contributed by atoms with Crippen molar-refractivity contribution in [3.05, 3.63) is 66.3 Å². The number of oxazole rings is 1. The summed E-state index contributed by atoms with van der Waals surface area (Å²) in [6.45, 7) is 4.92. The van der Waals surface area contributed by atoms with E-state index in [1.807, 2.05) is 42.6 Å². The minimum atomic E-state index is -0.0245. The number of benzene rings is 1. The summed E-state index contributed by atoms with van der Waals surface area (Å²) in [5.74, 6) is 3.10. The van der Waals surface area contributed by atoms with Crippen molar-refractivity contribution in [2.75, 3.05) is 18.0 Å². The van der Waals surface area contributed by atoms with E-state index >= 15 is 0 Å². The molecule has 0 saturated carbocycles. The number of nitrogens with one attached hydrogen (secondary N) is 1. The summed E-state index contributed by atoms with van der Waals surface area (Å²) < 4.78 is 5.75. The molecule has 0 aliphatic carbocycles. The van der Waals surface area contributed by atoms with Crippen molar-refractivity contribution in [3.63, 3.8) is 0 Å². The van der Waals surface area contributed by atoms with Gasteiger partial charge in [-0.1, -0.05) is 43.3 Å². The monoisotopic (exact) mass is 404 g/mol. The maximum absolute atomic E-state index is 12.2. The van der Waals surface area contributed by atoms with Crippen molar-refractivity contribution in [2.45, 2.75) is 39.2 Å². The predicted octanol–water partition coefficient (Wildman–Crippen LogP) is 4.22. The van der Waals surface area contributed by atoms with Crippen LogP contribution in [0.4, 0.5) is 5.82 Å². The smallest absolute Gasteiger partial charge is 0.220 e. The maximum Gasteiger partial charge on any atom is 0.220 e. The molecule has 0 radical (unpaired) electrons. The molecule has 30 heavy (non-hydrogen) atoms. The highest BCUT2D eigenvalue weighted by Crippen LogP contribution is 2.22. The molecule has 6 heteroatoms. The molecule has 1 N–H and O–H groups in total. The first-order valence-corrected chi connectivity index (χ1v) is 10.6. The minimum absolute atomic E-state index is 0.0245. The van der Waals surface area contributed by atoms with Crippen molar-refractivity contribution < 1.29 is 9.21 Å². The molecule has 0 unspecified atom stereocenters. The van der Waals surface area contributed by atoms with E-state index in [-0.39, 0.29) is 5.91 Å². The normalized spacial score (nSPS) is 14.6. The number of carbonyl (C=O) groups excluding carboxylic acids is 1. The van der Waals surface area contributed by atoms with Crippen LogP contribution < -0.4 is 10.2 Å². The van der Waals surface area contributed by atoms with Crippen LogP contribution in [0.25, 0.3) is 11.3 Å². The van der Waals surface area contributed by atoms with Gasteiger partial charge in [0.25, 0.3) is 0 Å². The third-order valence-corrected chi connectivity index (χ3v) is 5.58. The SMILES string of the molecule is CC1CCN(c2ccc(CNC(=O)CCc3ncc(-c4ccccc4)o3)cn2)CC1. The van der Waals surface area contributed by atoms with E-state index in [0.29, 0.717) is 25.3 Å². The summed E-state index contributed by atoms with van der Waals surface area (Å²) in [5, 5.41) is 2.95. The van der Waals surface area contributed by atoms with E-state index in [9.17, 15) is 4.79 Å². The largest absolute Gasteiger partial charge is 0.441 e. The highest BCUT2D eigenvalue weighted by atomic mass is 16.4. The third kappa shape index (κ3) is 5.26. The number of carbonyl (C=O) groups is 1. The van der Waals surface area contributed by atoms with Crippen molar-refractivity contribution in [1.82, 2.24) is 15.3 Å². The van der Waals surface area contributed by atoms with Gasteiger partial charge in [0.2, 0.25) is 5.91 Å². The number of aromatic nitrogens is 2. The molecule has 1 aromatic carbocycles. The van der Waals surface area contributed by atoms with Gasteiger partial charge in [-0.25, -0.2) is 9.97 Å². The third-order valence-electron chi connectivity index (χ3n) is 5.58. The number of piperidine rings is 1. The van der Waals surface area contributed by atoms with Crippen molar-refractivity contribution in [1.29, 1.82) is 0 Å². The number of amides is 1. The van der Waals surface area contributed by atoms with Gasteiger partial charge < -0.3 is 14.6 Å². The quantitative estimate of drug-likeness (QED) is 0.638. The Morgan fingerprint density at radius 2 is 1.90 bits per heavy atom. The van der Waals surface area contributed by atoms with Crippen LogP contribution in [0.15, 0.2) is 59.3 Å². The van der Waals surface area contributed by atoms with Gasteiger partial charge in [0.15, 0.2) is 11.7 Å². The van der Waals surface area contributed by atoms with Crippen LogP contribution in [0.2, 0.25) is 0 Å². The predicted molar refractivity (Wildman–Crippen MR) is 117 cm³/mol. The lowest BCUT2D eigenvalue weighted by Gasteiger charge is -2.31. The standard InChI is InChI=1S/C24H28N4O2/c1-18-11-13-28(14-12-18)22-8-7-19(15-25-22)16-26-23(29)9-10-24-27-17-21(30-24)20-5-3-2-4-6-20/h2-8,15,17-18H,9-14,16H2,1H3,(H,26,29). The Morgan fingerprint density at radius 3 is 2.63 bits per heavy atom. The average Bonchev–Trinajstić information content (AvgIpc) is 3.27. The molecule has 1 amide bonds. The maximum atomic E-state index is 12.2. The van der Waals surface area contributed by atoms with E-state index < -0.39 is 0 Å². The van der Waals surface area contributed by atoms with E-state index in [4.69, 9.17) is 4.42 Å². The summed E-state index contributed by atoms with van der Waals surface area (Å²) in [4.78, 5) is 23.4. The second-order valence-electron chi connectivity index (χ2n) is 7.96. The van der Waals surface area contributed by atoms with Crippen LogP contribution in [-0.4, -0.2) is 29.0 Å². The number of hydrogen-bond acceptors (Lipinski definition) is 5. The number of nitrogens with zero attached hydrogens (tertiary/aromatic N) is 3. The lowest BCUT2D eigenvalue weighted by atomic mass is 9.99. The molecule has 0 bridgehead atoms. The zero-order valence-electron chi connectivity index (χ0n) is 17.4. The minimum Gasteiger partial charge on any atom is -0.441 e. The molecule has 156 valence electrons. The second-order valence-corrected chi connectivity index (χ2v) is 7.96. The van der Waals surface area contributed by atoms with Crippen LogP contribution in [-0.2, 0) is 17.8 Å². The van der Waals surface area contributed by atoms with Gasteiger partial charge >= 0.3 is 0 Å². The molecule has 2 aromatic heterocycles. The van der Waals surface area contributed by atoms with Gasteiger partial charge in [-0.3, -0.25) is 4.79 Å². The zero-order chi connectivity index (χ0) is 20.8. The topological polar surface area (TPSA) is 71.3 Å². The molecule has 1 aliphatic heterocycles. The molecular weight excluding hydrogens is 376 g/mol. The summed E-state index contributed by atoms with van der Waals surface area (Å²) in [6, 6.07) is 13.9. The summed E-state index contributed by atoms with van der Waals surface area (Å²) >= 11 is 0. The molecule has 0 spiro atoms. The fourth-order valence-corrected chi connectivity index (χ4v) is 3.62. The number of aryl methyl sites for hydroxylation is 1. The van der Waals surface area contributed by atoms with Crippen LogP contribution in [0.3, 0.4) is 0 Å². The Hall–Kier alpha value is -3.15. The van der Waals surface area contributed by atoms with Gasteiger partial charge in [0.1, 0.15) is 5.82 Å². The molecule has 3 heterocycles. The summed E-state index contributed by atoms with van der Waals surface area (Å²) in [6.07, 6.45) is 6.82. The average molecular weight is 405 g/mol. The lowest BCUT2D eigenvalue weighted by Crippen LogP contribution is -2.33. The van der Waals surface area contributed by atoms with Crippen LogP contribution in [0.5, 0.6) is 0 Å². The summed E-state index contributed by atoms with van der Waals surface area (Å²) in [7, 11) is 0. The summed E-state index contributed by atoms with van der Waals surface area (Å²) in [5.41, 5.74) is 1.98. The van der Waals surface area contributed by atoms with Crippen molar-refractivity contribution >= 4 is 11.7 Å². The fraction of sp³-hybridized carbons (Fsp3) is 0.375. The highest BCUT2D eigenvalue weighted by molar-refractivity contribution is 5.76. The van der Waals surface area contributed by atoms with Gasteiger partial charge in [-0.15, -0.1) is 0 Å². The van der Waals surface area contributed by atoms with E-state index in [0.717, 1.165) is 41.7 Å². The second kappa shape index (κ2) is 9.57. The number of pyridine rings is 1. The van der Waals surface area contributed by atoms with E-state index in [1.54, 1.807) is 6.20 Å². The molecule has 6 nitrogen and oxygen atoms in total. The fourth-order valence-electron chi connectivity index (χ4n) is 3.62. The Labute approximate surface area is 177 Å². The first-order chi connectivity index (χ1) is 14.7. The zero-order valence-corrected chi connectivity index (χ0v) is 17.4. The molecule has 0 atom stereocenters. The van der Waals surface area contributed by atoms with E-state index in [2.05, 4.69) is 33.2 Å². The van der Waals surface area contributed by atoms with Gasteiger partial charge in [-0.05, 0) is 30.4 Å². The molecular formula is C24H28N4O2. The first kappa shape index (κ1) is 20.1. The molecule has 4 rings (SSSR count). The Balaban J connectivity index is 1.22. The van der Waals surface area contributed by atoms with Crippen LogP contribution in [0.1, 0.15) is 37.6 Å². The molecule has 1 saturated heterocycles. The Kier molecular flexibility index (Phi) is 6.42. The van der Waals surface area contributed by atoms with Crippen LogP contribution >= 0.6 is 0 Å². The molecule has 1 aliphatic rings. The van der Waals surface area contributed by atoms with Gasteiger partial charge in [-0.2, -0.15) is 0 Å². The lowest BCUT2D eigenvalue weighted by molar-refractivity contribution is -0.121. The van der Waals surface area contributed by atoms with Gasteiger partial charge in [0, 0.05) is 44.2 Å². The number of hydrogen-bond donors (Lipinski definition) is 1.